The Balaban J connectivity index is 1.59. The fraction of sp³-hybridized carbons (Fsp3) is 0.286. The van der Waals surface area contributed by atoms with Crippen molar-refractivity contribution in [1.82, 2.24) is 20.1 Å². The standard InChI is InChI=1S/C21H23ClN4OS/c1-14-6-8-17(9-7-14)20-24-25-21(28)26(20)11-10-19(27)23-15(2)12-16-4-3-5-18(22)13-16/h3-9,13,15H,10-12H2,1-2H3,(H,23,27)(H,25,28)/t15-/m0/s1. The summed E-state index contributed by atoms with van der Waals surface area (Å²) in [6.07, 6.45) is 1.05. The topological polar surface area (TPSA) is 62.7 Å². The van der Waals surface area contributed by atoms with Crippen LogP contribution in [0.15, 0.2) is 48.5 Å². The summed E-state index contributed by atoms with van der Waals surface area (Å²) >= 11 is 11.4. The van der Waals surface area contributed by atoms with Crippen molar-refractivity contribution in [2.24, 2.45) is 0 Å². The zero-order valence-electron chi connectivity index (χ0n) is 15.9. The fourth-order valence-corrected chi connectivity index (χ4v) is 3.51. The van der Waals surface area contributed by atoms with Crippen LogP contribution in [0.2, 0.25) is 5.02 Å². The van der Waals surface area contributed by atoms with Gasteiger partial charge in [0.2, 0.25) is 5.91 Å². The first-order chi connectivity index (χ1) is 13.4. The SMILES string of the molecule is Cc1ccc(-c2n[nH]c(=S)n2CCC(=O)N[C@@H](C)Cc2cccc(Cl)c2)cc1. The Morgan fingerprint density at radius 3 is 2.75 bits per heavy atom. The van der Waals surface area contributed by atoms with Gasteiger partial charge in [0.05, 0.1) is 0 Å². The highest BCUT2D eigenvalue weighted by molar-refractivity contribution is 7.71. The number of hydrogen-bond donors (Lipinski definition) is 2. The molecule has 0 aliphatic rings. The number of halogens is 1. The van der Waals surface area contributed by atoms with Crippen molar-refractivity contribution in [1.29, 1.82) is 0 Å². The third-order valence-corrected chi connectivity index (χ3v) is 5.02. The van der Waals surface area contributed by atoms with Crippen molar-refractivity contribution < 1.29 is 4.79 Å². The zero-order chi connectivity index (χ0) is 20.1. The van der Waals surface area contributed by atoms with Gasteiger partial charge in [0.15, 0.2) is 10.6 Å². The number of nitrogens with zero attached hydrogens (tertiary/aromatic N) is 2. The molecule has 28 heavy (non-hydrogen) atoms. The first-order valence-corrected chi connectivity index (χ1v) is 9.97. The number of aromatic nitrogens is 3. The summed E-state index contributed by atoms with van der Waals surface area (Å²) in [5, 5.41) is 10.9. The van der Waals surface area contributed by atoms with Crippen LogP contribution in [0.5, 0.6) is 0 Å². The van der Waals surface area contributed by atoms with Crippen LogP contribution >= 0.6 is 23.8 Å². The first-order valence-electron chi connectivity index (χ1n) is 9.18. The van der Waals surface area contributed by atoms with Crippen molar-refractivity contribution in [3.05, 3.63) is 69.5 Å². The van der Waals surface area contributed by atoms with Crippen LogP contribution in [0, 0.1) is 11.7 Å². The minimum atomic E-state index is -0.0208. The van der Waals surface area contributed by atoms with Gasteiger partial charge in [-0.15, -0.1) is 0 Å². The largest absolute Gasteiger partial charge is 0.353 e. The van der Waals surface area contributed by atoms with E-state index in [-0.39, 0.29) is 11.9 Å². The van der Waals surface area contributed by atoms with Gasteiger partial charge in [-0.3, -0.25) is 14.5 Å². The third kappa shape index (κ3) is 5.30. The molecule has 0 aliphatic carbocycles. The van der Waals surface area contributed by atoms with Gasteiger partial charge < -0.3 is 5.32 Å². The highest BCUT2D eigenvalue weighted by atomic mass is 35.5. The minimum absolute atomic E-state index is 0.0138. The number of hydrogen-bond acceptors (Lipinski definition) is 3. The summed E-state index contributed by atoms with van der Waals surface area (Å²) in [6, 6.07) is 15.8. The van der Waals surface area contributed by atoms with Crippen molar-refractivity contribution in [2.75, 3.05) is 0 Å². The lowest BCUT2D eigenvalue weighted by molar-refractivity contribution is -0.121. The smallest absolute Gasteiger partial charge is 0.222 e. The molecule has 5 nitrogen and oxygen atoms in total. The summed E-state index contributed by atoms with van der Waals surface area (Å²) in [5.74, 6) is 0.720. The van der Waals surface area contributed by atoms with E-state index in [0.717, 1.165) is 23.4 Å². The average Bonchev–Trinajstić information content (AvgIpc) is 3.01. The molecule has 0 saturated heterocycles. The Kier molecular flexibility index (Phi) is 6.65. The van der Waals surface area contributed by atoms with Crippen LogP contribution in [-0.4, -0.2) is 26.7 Å². The monoisotopic (exact) mass is 414 g/mol. The molecule has 1 atom stereocenters. The minimum Gasteiger partial charge on any atom is -0.353 e. The maximum Gasteiger partial charge on any atom is 0.222 e. The van der Waals surface area contributed by atoms with E-state index in [1.54, 1.807) is 0 Å². The highest BCUT2D eigenvalue weighted by Crippen LogP contribution is 2.18. The van der Waals surface area contributed by atoms with Crippen LogP contribution in [0.25, 0.3) is 11.4 Å². The molecule has 0 aliphatic heterocycles. The van der Waals surface area contributed by atoms with Crippen molar-refractivity contribution in [2.45, 2.75) is 39.3 Å². The Labute approximate surface area is 174 Å². The van der Waals surface area contributed by atoms with E-state index in [0.29, 0.717) is 22.8 Å². The molecule has 3 rings (SSSR count). The van der Waals surface area contributed by atoms with E-state index in [1.807, 2.05) is 66.9 Å². The molecule has 1 amide bonds. The number of carbonyl (C=O) groups excluding carboxylic acids is 1. The van der Waals surface area contributed by atoms with Crippen molar-refractivity contribution in [3.8, 4) is 11.4 Å². The molecule has 146 valence electrons. The molecule has 1 heterocycles. The van der Waals surface area contributed by atoms with Crippen molar-refractivity contribution >= 4 is 29.7 Å². The van der Waals surface area contributed by atoms with Gasteiger partial charge in [0.25, 0.3) is 0 Å². The molecule has 1 aromatic heterocycles. The van der Waals surface area contributed by atoms with Crippen molar-refractivity contribution in [3.63, 3.8) is 0 Å². The second kappa shape index (κ2) is 9.17. The molecule has 0 spiro atoms. The molecular formula is C21H23ClN4OS. The molecule has 0 radical (unpaired) electrons. The molecule has 0 saturated carbocycles. The number of nitrogens with one attached hydrogen (secondary N) is 2. The lowest BCUT2D eigenvalue weighted by atomic mass is 10.1. The van der Waals surface area contributed by atoms with E-state index in [2.05, 4.69) is 15.5 Å². The molecule has 0 unspecified atom stereocenters. The van der Waals surface area contributed by atoms with Crippen LogP contribution < -0.4 is 5.32 Å². The Morgan fingerprint density at radius 1 is 1.29 bits per heavy atom. The number of carbonyl (C=O) groups is 1. The average molecular weight is 415 g/mol. The van der Waals surface area contributed by atoms with Gasteiger partial charge >= 0.3 is 0 Å². The van der Waals surface area contributed by atoms with E-state index in [9.17, 15) is 4.79 Å². The number of benzene rings is 2. The number of aryl methyl sites for hydroxylation is 1. The molecule has 3 aromatic rings. The predicted molar refractivity (Wildman–Crippen MR) is 115 cm³/mol. The van der Waals surface area contributed by atoms with Gasteiger partial charge in [-0.05, 0) is 50.2 Å². The highest BCUT2D eigenvalue weighted by Gasteiger charge is 2.12. The Hall–Kier alpha value is -2.44. The lowest BCUT2D eigenvalue weighted by Crippen LogP contribution is -2.34. The molecular weight excluding hydrogens is 392 g/mol. The van der Waals surface area contributed by atoms with E-state index >= 15 is 0 Å². The van der Waals surface area contributed by atoms with Gasteiger partial charge in [-0.2, -0.15) is 5.10 Å². The summed E-state index contributed by atoms with van der Waals surface area (Å²) in [6.45, 7) is 4.49. The fourth-order valence-electron chi connectivity index (χ4n) is 3.08. The van der Waals surface area contributed by atoms with E-state index in [1.165, 1.54) is 5.56 Å². The Bertz CT molecular complexity index is 1010. The summed E-state index contributed by atoms with van der Waals surface area (Å²) < 4.78 is 2.37. The molecule has 2 aromatic carbocycles. The molecule has 0 bridgehead atoms. The Morgan fingerprint density at radius 2 is 2.04 bits per heavy atom. The maximum atomic E-state index is 12.4. The predicted octanol–water partition coefficient (Wildman–Crippen LogP) is 4.71. The van der Waals surface area contributed by atoms with Crippen LogP contribution in [0.1, 0.15) is 24.5 Å². The van der Waals surface area contributed by atoms with E-state index in [4.69, 9.17) is 23.8 Å². The third-order valence-electron chi connectivity index (χ3n) is 4.47. The number of aromatic amines is 1. The second-order valence-corrected chi connectivity index (χ2v) is 7.75. The number of rotatable bonds is 7. The molecule has 7 heteroatoms. The van der Waals surface area contributed by atoms with Gasteiger partial charge in [-0.25, -0.2) is 0 Å². The summed E-state index contributed by atoms with van der Waals surface area (Å²) in [4.78, 5) is 12.4. The van der Waals surface area contributed by atoms with Gasteiger partial charge in [0.1, 0.15) is 0 Å². The van der Waals surface area contributed by atoms with Crippen LogP contribution in [0.4, 0.5) is 0 Å². The second-order valence-electron chi connectivity index (χ2n) is 6.92. The molecule has 0 fully saturated rings. The number of H-pyrrole nitrogens is 1. The molecule has 2 N–H and O–H groups in total. The summed E-state index contributed by atoms with van der Waals surface area (Å²) in [5.41, 5.74) is 3.24. The zero-order valence-corrected chi connectivity index (χ0v) is 17.5. The first kappa shape index (κ1) is 20.3. The van der Waals surface area contributed by atoms with Gasteiger partial charge in [0, 0.05) is 29.6 Å². The lowest BCUT2D eigenvalue weighted by Gasteiger charge is -2.14. The normalized spacial score (nSPS) is 12.0. The van der Waals surface area contributed by atoms with E-state index < -0.39 is 0 Å². The summed E-state index contributed by atoms with van der Waals surface area (Å²) in [7, 11) is 0. The van der Waals surface area contributed by atoms with Crippen LogP contribution in [-0.2, 0) is 17.8 Å². The number of amides is 1. The van der Waals surface area contributed by atoms with Crippen LogP contribution in [0.3, 0.4) is 0 Å². The maximum absolute atomic E-state index is 12.4. The van der Waals surface area contributed by atoms with Gasteiger partial charge in [-0.1, -0.05) is 53.6 Å². The quantitative estimate of drug-likeness (QED) is 0.550.